The summed E-state index contributed by atoms with van der Waals surface area (Å²) in [6.45, 7) is 4.73. The molecule has 0 fully saturated rings. The maximum atomic E-state index is 12.1. The summed E-state index contributed by atoms with van der Waals surface area (Å²) < 4.78 is 1.85. The molecule has 0 aliphatic carbocycles. The van der Waals surface area contributed by atoms with Gasteiger partial charge < -0.3 is 15.0 Å². The summed E-state index contributed by atoms with van der Waals surface area (Å²) in [6.07, 6.45) is 1.75. The van der Waals surface area contributed by atoms with Crippen molar-refractivity contribution < 1.29 is 9.90 Å². The number of aryl methyl sites for hydroxylation is 1. The van der Waals surface area contributed by atoms with E-state index in [-0.39, 0.29) is 11.9 Å². The maximum absolute atomic E-state index is 12.1. The van der Waals surface area contributed by atoms with Gasteiger partial charge in [-0.1, -0.05) is 12.1 Å². The molecule has 2 aromatic rings. The molecule has 6 heteroatoms. The highest BCUT2D eigenvalue weighted by Crippen LogP contribution is 2.28. The van der Waals surface area contributed by atoms with Crippen LogP contribution in [0.15, 0.2) is 18.2 Å². The number of urea groups is 1. The molecule has 3 rings (SSSR count). The predicted octanol–water partition coefficient (Wildman–Crippen LogP) is 2.80. The largest absolute Gasteiger partial charge is 0.492 e. The molecule has 110 valence electrons. The van der Waals surface area contributed by atoms with Crippen molar-refractivity contribution in [2.75, 3.05) is 10.6 Å². The molecular formula is C15H18N4O2. The van der Waals surface area contributed by atoms with E-state index in [0.717, 1.165) is 41.9 Å². The number of anilines is 2. The van der Waals surface area contributed by atoms with E-state index >= 15 is 0 Å². The third-order valence-corrected chi connectivity index (χ3v) is 3.92. The first kappa shape index (κ1) is 13.5. The van der Waals surface area contributed by atoms with Crippen LogP contribution < -0.4 is 10.6 Å². The number of benzene rings is 1. The topological polar surface area (TPSA) is 79.2 Å². The van der Waals surface area contributed by atoms with Gasteiger partial charge in [-0.25, -0.2) is 4.79 Å². The van der Waals surface area contributed by atoms with Crippen molar-refractivity contribution >= 4 is 17.7 Å². The lowest BCUT2D eigenvalue weighted by atomic mass is 10.1. The van der Waals surface area contributed by atoms with E-state index in [0.29, 0.717) is 5.95 Å². The lowest BCUT2D eigenvalue weighted by Crippen LogP contribution is -2.22. The molecule has 2 amide bonds. The number of aromatic hydroxyl groups is 1. The number of aromatic nitrogens is 2. The molecule has 3 N–H and O–H groups in total. The Kier molecular flexibility index (Phi) is 3.29. The molecule has 0 saturated carbocycles. The van der Waals surface area contributed by atoms with Gasteiger partial charge in [0.1, 0.15) is 0 Å². The normalized spacial score (nSPS) is 13.0. The molecule has 2 heterocycles. The molecule has 1 aliphatic rings. The van der Waals surface area contributed by atoms with Crippen LogP contribution in [0, 0.1) is 13.8 Å². The van der Waals surface area contributed by atoms with E-state index in [9.17, 15) is 9.90 Å². The number of hydrogen-bond acceptors (Lipinski definition) is 3. The molecule has 1 aromatic carbocycles. The highest BCUT2D eigenvalue weighted by molar-refractivity contribution is 5.99. The van der Waals surface area contributed by atoms with Crippen LogP contribution in [-0.4, -0.2) is 20.7 Å². The smallest absolute Gasteiger partial charge is 0.326 e. The van der Waals surface area contributed by atoms with Crippen LogP contribution in [0.25, 0.3) is 0 Å². The van der Waals surface area contributed by atoms with E-state index in [1.807, 2.05) is 36.6 Å². The van der Waals surface area contributed by atoms with Gasteiger partial charge in [0, 0.05) is 12.2 Å². The first-order valence-electron chi connectivity index (χ1n) is 6.99. The van der Waals surface area contributed by atoms with Gasteiger partial charge in [-0.15, -0.1) is 0 Å². The van der Waals surface area contributed by atoms with Crippen molar-refractivity contribution in [3.8, 4) is 5.88 Å². The fourth-order valence-electron chi connectivity index (χ4n) is 2.60. The van der Waals surface area contributed by atoms with E-state index in [1.165, 1.54) is 0 Å². The van der Waals surface area contributed by atoms with Gasteiger partial charge in [-0.2, -0.15) is 4.98 Å². The summed E-state index contributed by atoms with van der Waals surface area (Å²) in [5.74, 6) is 0.400. The molecular weight excluding hydrogens is 268 g/mol. The Hall–Kier alpha value is -2.50. The molecule has 0 radical (unpaired) electrons. The van der Waals surface area contributed by atoms with Gasteiger partial charge in [0.25, 0.3) is 0 Å². The Labute approximate surface area is 122 Å². The Morgan fingerprint density at radius 3 is 2.95 bits per heavy atom. The first-order chi connectivity index (χ1) is 10.1. The average molecular weight is 286 g/mol. The van der Waals surface area contributed by atoms with Crippen LogP contribution >= 0.6 is 0 Å². The third kappa shape index (κ3) is 2.44. The minimum atomic E-state index is -0.358. The van der Waals surface area contributed by atoms with Crippen molar-refractivity contribution in [2.24, 2.45) is 0 Å². The molecule has 0 saturated heterocycles. The minimum Gasteiger partial charge on any atom is -0.492 e. The zero-order valence-electron chi connectivity index (χ0n) is 12.1. The SMILES string of the molecule is Cc1cccc(NC(=O)Nc2nc(O)c3n2CCC3)c1C. The van der Waals surface area contributed by atoms with Gasteiger partial charge in [-0.05, 0) is 43.9 Å². The number of amides is 2. The molecule has 6 nitrogen and oxygen atoms in total. The summed E-state index contributed by atoms with van der Waals surface area (Å²) in [5.41, 5.74) is 3.71. The summed E-state index contributed by atoms with van der Waals surface area (Å²) in [7, 11) is 0. The summed E-state index contributed by atoms with van der Waals surface area (Å²) >= 11 is 0. The van der Waals surface area contributed by atoms with Crippen molar-refractivity contribution in [2.45, 2.75) is 33.2 Å². The number of fused-ring (bicyclic) bond motifs is 1. The summed E-state index contributed by atoms with van der Waals surface area (Å²) in [4.78, 5) is 16.1. The van der Waals surface area contributed by atoms with Crippen LogP contribution in [0.5, 0.6) is 5.88 Å². The number of hydrogen-bond donors (Lipinski definition) is 3. The number of rotatable bonds is 2. The highest BCUT2D eigenvalue weighted by Gasteiger charge is 2.22. The quantitative estimate of drug-likeness (QED) is 0.794. The average Bonchev–Trinajstić information content (AvgIpc) is 3.01. The van der Waals surface area contributed by atoms with Crippen LogP contribution in [0.1, 0.15) is 23.2 Å². The lowest BCUT2D eigenvalue weighted by Gasteiger charge is -2.11. The molecule has 0 atom stereocenters. The fraction of sp³-hybridized carbons (Fsp3) is 0.333. The first-order valence-corrected chi connectivity index (χ1v) is 6.99. The second kappa shape index (κ2) is 5.12. The van der Waals surface area contributed by atoms with Crippen molar-refractivity contribution in [3.05, 3.63) is 35.0 Å². The number of carbonyl (C=O) groups is 1. The zero-order valence-corrected chi connectivity index (χ0v) is 12.1. The minimum absolute atomic E-state index is 0.00883. The van der Waals surface area contributed by atoms with Crippen LogP contribution in [-0.2, 0) is 13.0 Å². The molecule has 1 aliphatic heterocycles. The van der Waals surface area contributed by atoms with Crippen LogP contribution in [0.4, 0.5) is 16.4 Å². The predicted molar refractivity (Wildman–Crippen MR) is 80.8 cm³/mol. The second-order valence-corrected chi connectivity index (χ2v) is 5.29. The van der Waals surface area contributed by atoms with Gasteiger partial charge in [0.2, 0.25) is 11.8 Å². The molecule has 0 spiro atoms. The molecule has 1 aromatic heterocycles. The second-order valence-electron chi connectivity index (χ2n) is 5.29. The maximum Gasteiger partial charge on any atom is 0.326 e. The van der Waals surface area contributed by atoms with E-state index in [2.05, 4.69) is 15.6 Å². The number of nitrogens with zero attached hydrogens (tertiary/aromatic N) is 2. The Balaban J connectivity index is 1.76. The number of nitrogens with one attached hydrogen (secondary N) is 2. The van der Waals surface area contributed by atoms with Crippen molar-refractivity contribution in [1.82, 2.24) is 9.55 Å². The molecule has 0 bridgehead atoms. The number of carbonyl (C=O) groups excluding carboxylic acids is 1. The Morgan fingerprint density at radius 2 is 2.14 bits per heavy atom. The van der Waals surface area contributed by atoms with Gasteiger partial charge in [-0.3, -0.25) is 5.32 Å². The molecule has 0 unspecified atom stereocenters. The Morgan fingerprint density at radius 1 is 1.33 bits per heavy atom. The van der Waals surface area contributed by atoms with Crippen LogP contribution in [0.3, 0.4) is 0 Å². The Bertz CT molecular complexity index is 706. The highest BCUT2D eigenvalue weighted by atomic mass is 16.3. The van der Waals surface area contributed by atoms with E-state index in [1.54, 1.807) is 0 Å². The zero-order chi connectivity index (χ0) is 15.0. The van der Waals surface area contributed by atoms with Gasteiger partial charge in [0.15, 0.2) is 0 Å². The fourth-order valence-corrected chi connectivity index (χ4v) is 2.60. The van der Waals surface area contributed by atoms with Gasteiger partial charge in [0.05, 0.1) is 5.69 Å². The van der Waals surface area contributed by atoms with Crippen molar-refractivity contribution in [1.29, 1.82) is 0 Å². The number of imidazole rings is 1. The standard InChI is InChI=1S/C15H18N4O2/c1-9-5-3-6-11(10(9)2)16-15(21)18-14-17-13(20)12-7-4-8-19(12)14/h3,5-6,20H,4,7-8H2,1-2H3,(H2,16,17,18,21). The summed E-state index contributed by atoms with van der Waals surface area (Å²) in [6, 6.07) is 5.40. The van der Waals surface area contributed by atoms with E-state index < -0.39 is 0 Å². The van der Waals surface area contributed by atoms with Crippen LogP contribution in [0.2, 0.25) is 0 Å². The molecule has 21 heavy (non-hydrogen) atoms. The third-order valence-electron chi connectivity index (χ3n) is 3.92. The van der Waals surface area contributed by atoms with Crippen molar-refractivity contribution in [3.63, 3.8) is 0 Å². The van der Waals surface area contributed by atoms with Gasteiger partial charge >= 0.3 is 6.03 Å². The lowest BCUT2D eigenvalue weighted by molar-refractivity contribution is 0.262. The summed E-state index contributed by atoms with van der Waals surface area (Å²) in [5, 5.41) is 15.2. The van der Waals surface area contributed by atoms with E-state index in [4.69, 9.17) is 0 Å². The monoisotopic (exact) mass is 286 g/mol.